The minimum atomic E-state index is -3.96. The van der Waals surface area contributed by atoms with Crippen LogP contribution in [0.2, 0.25) is 0 Å². The zero-order chi connectivity index (χ0) is 20.3. The van der Waals surface area contributed by atoms with Gasteiger partial charge in [-0.2, -0.15) is 17.8 Å². The molecule has 0 unspecified atom stereocenters. The van der Waals surface area contributed by atoms with Gasteiger partial charge in [-0.25, -0.2) is 9.40 Å². The summed E-state index contributed by atoms with van der Waals surface area (Å²) < 4.78 is 29.8. The summed E-state index contributed by atoms with van der Waals surface area (Å²) in [7, 11) is -2.53. The lowest BCUT2D eigenvalue weighted by Gasteiger charge is -2.17. The van der Waals surface area contributed by atoms with Gasteiger partial charge in [0.15, 0.2) is 0 Å². The minimum Gasteiger partial charge on any atom is -0.268 e. The third-order valence-corrected chi connectivity index (χ3v) is 5.66. The first-order chi connectivity index (χ1) is 13.3. The summed E-state index contributed by atoms with van der Waals surface area (Å²) in [4.78, 5) is 12.4. The molecule has 0 fully saturated rings. The second-order valence-corrected chi connectivity index (χ2v) is 8.34. The Morgan fingerprint density at radius 1 is 1.07 bits per heavy atom. The second-order valence-electron chi connectivity index (χ2n) is 6.56. The van der Waals surface area contributed by atoms with E-state index in [1.165, 1.54) is 7.05 Å². The Bertz CT molecular complexity index is 1070. The number of carbonyl (C=O) groups is 1. The lowest BCUT2D eigenvalue weighted by molar-refractivity contribution is 0.0979. The fourth-order valence-electron chi connectivity index (χ4n) is 2.82. The van der Waals surface area contributed by atoms with E-state index < -0.39 is 16.1 Å². The first-order valence-electron chi connectivity index (χ1n) is 8.72. The average molecular weight is 398 g/mol. The third kappa shape index (κ3) is 4.47. The first kappa shape index (κ1) is 19.8. The lowest BCUT2D eigenvalue weighted by Crippen LogP contribution is -2.41. The Morgan fingerprint density at radius 3 is 2.29 bits per heavy atom. The van der Waals surface area contributed by atoms with Crippen LogP contribution >= 0.6 is 0 Å². The lowest BCUT2D eigenvalue weighted by atomic mass is 10.2. The summed E-state index contributed by atoms with van der Waals surface area (Å²) in [6.45, 7) is 4.01. The van der Waals surface area contributed by atoms with Gasteiger partial charge in [0.25, 0.3) is 5.91 Å². The summed E-state index contributed by atoms with van der Waals surface area (Å²) in [6.07, 6.45) is 0. The molecule has 0 atom stereocenters. The number of benzene rings is 2. The van der Waals surface area contributed by atoms with E-state index in [1.54, 1.807) is 28.9 Å². The molecule has 7 nitrogen and oxygen atoms in total. The summed E-state index contributed by atoms with van der Waals surface area (Å²) >= 11 is 0. The second kappa shape index (κ2) is 7.95. The Kier molecular flexibility index (Phi) is 5.62. The largest absolute Gasteiger partial charge is 0.304 e. The van der Waals surface area contributed by atoms with Crippen LogP contribution in [0.4, 0.5) is 0 Å². The van der Waals surface area contributed by atoms with Crippen LogP contribution in [0.5, 0.6) is 0 Å². The predicted octanol–water partition coefficient (Wildman–Crippen LogP) is 2.60. The molecular formula is C20H22N4O3S. The van der Waals surface area contributed by atoms with Crippen molar-refractivity contribution < 1.29 is 13.2 Å². The van der Waals surface area contributed by atoms with Crippen molar-refractivity contribution in [3.05, 3.63) is 83.2 Å². The number of hydrogen-bond acceptors (Lipinski definition) is 4. The van der Waals surface area contributed by atoms with E-state index in [0.29, 0.717) is 0 Å². The quantitative estimate of drug-likeness (QED) is 0.692. The smallest absolute Gasteiger partial charge is 0.268 e. The van der Waals surface area contributed by atoms with E-state index in [4.69, 9.17) is 0 Å². The highest BCUT2D eigenvalue weighted by atomic mass is 32.2. The molecule has 0 bridgehead atoms. The molecule has 8 heteroatoms. The first-order valence-corrected chi connectivity index (χ1v) is 10.2. The van der Waals surface area contributed by atoms with Gasteiger partial charge in [0.2, 0.25) is 0 Å². The number of aromatic nitrogens is 2. The van der Waals surface area contributed by atoms with E-state index in [9.17, 15) is 13.2 Å². The van der Waals surface area contributed by atoms with Gasteiger partial charge in [0.1, 0.15) is 0 Å². The van der Waals surface area contributed by atoms with E-state index >= 15 is 0 Å². The molecule has 1 heterocycles. The van der Waals surface area contributed by atoms with Crippen LogP contribution in [-0.2, 0) is 16.8 Å². The Balaban J connectivity index is 1.70. The number of nitrogens with one attached hydrogen (secondary N) is 1. The molecule has 0 spiro atoms. The molecule has 2 aromatic carbocycles. The average Bonchev–Trinajstić information content (AvgIpc) is 3.00. The van der Waals surface area contributed by atoms with Crippen molar-refractivity contribution in [1.82, 2.24) is 18.8 Å². The molecular weight excluding hydrogens is 376 g/mol. The predicted molar refractivity (Wildman–Crippen MR) is 107 cm³/mol. The SMILES string of the molecule is Cc1cc(C)n(-c2ccc(C(=O)NS(=O)(=O)N(C)Cc3ccccc3)cc2)n1. The topological polar surface area (TPSA) is 84.3 Å². The molecule has 146 valence electrons. The van der Waals surface area contributed by atoms with Crippen LogP contribution in [0.25, 0.3) is 5.69 Å². The third-order valence-electron chi connectivity index (χ3n) is 4.26. The Morgan fingerprint density at radius 2 is 1.71 bits per heavy atom. The van der Waals surface area contributed by atoms with Gasteiger partial charge in [-0.3, -0.25) is 4.79 Å². The van der Waals surface area contributed by atoms with Crippen molar-refractivity contribution in [3.63, 3.8) is 0 Å². The molecule has 1 amide bonds. The highest BCUT2D eigenvalue weighted by molar-refractivity contribution is 7.87. The zero-order valence-electron chi connectivity index (χ0n) is 16.0. The molecule has 1 N–H and O–H groups in total. The van der Waals surface area contributed by atoms with Crippen molar-refractivity contribution in [2.45, 2.75) is 20.4 Å². The van der Waals surface area contributed by atoms with Crippen LogP contribution in [-0.4, -0.2) is 35.5 Å². The minimum absolute atomic E-state index is 0.167. The number of nitrogens with zero attached hydrogens (tertiary/aromatic N) is 3. The summed E-state index contributed by atoms with van der Waals surface area (Å²) in [5, 5.41) is 4.39. The number of amides is 1. The molecule has 0 aliphatic rings. The van der Waals surface area contributed by atoms with Gasteiger partial charge in [-0.15, -0.1) is 0 Å². The molecule has 0 radical (unpaired) electrons. The highest BCUT2D eigenvalue weighted by Crippen LogP contribution is 2.14. The summed E-state index contributed by atoms with van der Waals surface area (Å²) in [5.41, 5.74) is 3.75. The van der Waals surface area contributed by atoms with E-state index in [-0.39, 0.29) is 12.1 Å². The van der Waals surface area contributed by atoms with Gasteiger partial charge >= 0.3 is 10.2 Å². The van der Waals surface area contributed by atoms with E-state index in [1.807, 2.05) is 50.2 Å². The molecule has 3 aromatic rings. The monoisotopic (exact) mass is 398 g/mol. The van der Waals surface area contributed by atoms with Crippen molar-refractivity contribution in [2.75, 3.05) is 7.05 Å². The van der Waals surface area contributed by atoms with Gasteiger partial charge in [-0.05, 0) is 49.7 Å². The standard InChI is InChI=1S/C20H22N4O3S/c1-15-13-16(2)24(21-15)19-11-9-18(10-12-19)20(25)22-28(26,27)23(3)14-17-7-5-4-6-8-17/h4-13H,14H2,1-3H3,(H,22,25). The van der Waals surface area contributed by atoms with Crippen LogP contribution in [0.1, 0.15) is 27.3 Å². The fraction of sp³-hybridized carbons (Fsp3) is 0.200. The molecule has 3 rings (SSSR count). The van der Waals surface area contributed by atoms with E-state index in [2.05, 4.69) is 9.82 Å². The number of carbonyl (C=O) groups excluding carboxylic acids is 1. The number of aryl methyl sites for hydroxylation is 2. The number of hydrogen-bond donors (Lipinski definition) is 1. The highest BCUT2D eigenvalue weighted by Gasteiger charge is 2.21. The van der Waals surface area contributed by atoms with Crippen molar-refractivity contribution in [2.24, 2.45) is 0 Å². The van der Waals surface area contributed by atoms with Crippen LogP contribution in [0.3, 0.4) is 0 Å². The molecule has 0 saturated heterocycles. The fourth-order valence-corrected chi connectivity index (χ4v) is 3.65. The van der Waals surface area contributed by atoms with Gasteiger partial charge in [0, 0.05) is 24.8 Å². The van der Waals surface area contributed by atoms with Crippen LogP contribution in [0, 0.1) is 13.8 Å². The van der Waals surface area contributed by atoms with Crippen LogP contribution in [0.15, 0.2) is 60.7 Å². The number of rotatable bonds is 6. The van der Waals surface area contributed by atoms with Crippen molar-refractivity contribution in [3.8, 4) is 5.69 Å². The zero-order valence-corrected chi connectivity index (χ0v) is 16.8. The summed E-state index contributed by atoms with van der Waals surface area (Å²) in [5.74, 6) is -0.681. The van der Waals surface area contributed by atoms with Crippen LogP contribution < -0.4 is 4.72 Å². The van der Waals surface area contributed by atoms with E-state index in [0.717, 1.165) is 26.9 Å². The molecule has 0 aliphatic carbocycles. The Hall–Kier alpha value is -2.97. The maximum Gasteiger partial charge on any atom is 0.304 e. The van der Waals surface area contributed by atoms with Gasteiger partial charge < -0.3 is 0 Å². The maximum atomic E-state index is 12.4. The van der Waals surface area contributed by atoms with Gasteiger partial charge in [0.05, 0.1) is 11.4 Å². The molecule has 1 aromatic heterocycles. The maximum absolute atomic E-state index is 12.4. The normalized spacial score (nSPS) is 11.6. The Labute approximate surface area is 164 Å². The molecule has 28 heavy (non-hydrogen) atoms. The molecule has 0 aliphatic heterocycles. The van der Waals surface area contributed by atoms with Gasteiger partial charge in [-0.1, -0.05) is 30.3 Å². The summed E-state index contributed by atoms with van der Waals surface area (Å²) in [6, 6.07) is 17.7. The molecule has 0 saturated carbocycles. The van der Waals surface area contributed by atoms with Crippen molar-refractivity contribution >= 4 is 16.1 Å². The van der Waals surface area contributed by atoms with Crippen molar-refractivity contribution in [1.29, 1.82) is 0 Å².